The molecule has 0 radical (unpaired) electrons. The van der Waals surface area contributed by atoms with Crippen molar-refractivity contribution in [2.75, 3.05) is 0 Å². The molecule has 16 nitrogen and oxygen atoms in total. The van der Waals surface area contributed by atoms with Crippen LogP contribution in [0.2, 0.25) is 0 Å². The fraction of sp³-hybridized carbons (Fsp3) is 0.0698. The number of alkyl halides is 6. The maximum atomic E-state index is 10.7. The predicted molar refractivity (Wildman–Crippen MR) is 232 cm³/mol. The smallest absolute Gasteiger partial charge is 0.741 e. The third kappa shape index (κ3) is 11.7. The molecule has 25 heteroatoms. The fourth-order valence-corrected chi connectivity index (χ4v) is 6.09. The molecule has 0 spiro atoms. The van der Waals surface area contributed by atoms with Crippen LogP contribution in [-0.4, -0.2) is 81.8 Å². The van der Waals surface area contributed by atoms with Gasteiger partial charge in [-0.15, -0.1) is 0 Å². The van der Waals surface area contributed by atoms with Crippen LogP contribution in [0, 0.1) is 11.3 Å². The minimum absolute atomic E-state index is 0. The Bertz CT molecular complexity index is 3310. The number of nitrogens with zero attached hydrogens (tertiary/aromatic N) is 10. The zero-order chi connectivity index (χ0) is 48.6. The van der Waals surface area contributed by atoms with Crippen LogP contribution >= 0.6 is 0 Å². The first-order valence-corrected chi connectivity index (χ1v) is 21.5. The van der Waals surface area contributed by atoms with Gasteiger partial charge in [0, 0.05) is 65.6 Å². The first kappa shape index (κ1) is 51.5. The molecular weight excluding hydrogens is 983 g/mol. The standard InChI is InChI=1S/C24H12N6.C15H11N3.C2H3N.2CHF3O3S.Cr/c1-5-13-14-6-2-10-26-18(14)22-21(17(13)25-9-1)29-23-19-15(7-3-11-27-19)16-8-4-12-28-20(16)24(23)30-22;1-3-10-16-12(6-1)14-8-5-9-15(18-14)13-7-2-4-11-17-13;1-2-3;2*2-1(3,4)8(5,6)7;/h1-12H;1-11H;1H3;2*(H,5,6,7);/q;;;;;+2/p-2. The number of nitriles is 1. The van der Waals surface area contributed by atoms with Gasteiger partial charge in [-0.2, -0.15) is 31.6 Å². The largest absolute Gasteiger partial charge is 2.00 e. The Kier molecular flexibility index (Phi) is 16.3. The van der Waals surface area contributed by atoms with Gasteiger partial charge in [0.15, 0.2) is 20.2 Å². The summed E-state index contributed by atoms with van der Waals surface area (Å²) in [6.45, 7) is 1.43. The molecule has 8 aromatic heterocycles. The maximum absolute atomic E-state index is 10.7. The summed E-state index contributed by atoms with van der Waals surface area (Å²) in [5, 5.41) is 11.4. The van der Waals surface area contributed by atoms with Crippen LogP contribution in [-0.2, 0) is 37.6 Å². The number of fused-ring (bicyclic) bond motifs is 12. The number of aromatic nitrogens is 9. The van der Waals surface area contributed by atoms with Gasteiger partial charge in [-0.05, 0) is 60.7 Å². The van der Waals surface area contributed by atoms with Crippen molar-refractivity contribution in [2.45, 2.75) is 17.9 Å². The van der Waals surface area contributed by atoms with Gasteiger partial charge < -0.3 is 9.11 Å². The molecule has 0 saturated carbocycles. The zero-order valence-electron chi connectivity index (χ0n) is 34.2. The Morgan fingerprint density at radius 3 is 0.897 bits per heavy atom. The van der Waals surface area contributed by atoms with Crippen LogP contribution in [0.5, 0.6) is 0 Å². The van der Waals surface area contributed by atoms with E-state index in [1.54, 1.807) is 43.3 Å². The van der Waals surface area contributed by atoms with E-state index in [-0.39, 0.29) is 17.4 Å². The Balaban J connectivity index is 0.000000193. The molecule has 0 aliphatic rings. The van der Waals surface area contributed by atoms with Gasteiger partial charge in [-0.25, -0.2) is 31.8 Å². The van der Waals surface area contributed by atoms with E-state index in [9.17, 15) is 26.3 Å². The number of rotatable bonds is 2. The Morgan fingerprint density at radius 2 is 0.662 bits per heavy atom. The van der Waals surface area contributed by atoms with Crippen molar-refractivity contribution < 1.29 is 69.6 Å². The summed E-state index contributed by atoms with van der Waals surface area (Å²) in [5.74, 6) is 0. The number of halogens is 6. The Labute approximate surface area is 391 Å². The Morgan fingerprint density at radius 1 is 0.412 bits per heavy atom. The van der Waals surface area contributed by atoms with Gasteiger partial charge >= 0.3 is 28.4 Å². The van der Waals surface area contributed by atoms with E-state index in [2.05, 4.69) is 59.2 Å². The van der Waals surface area contributed by atoms with Crippen LogP contribution in [0.4, 0.5) is 26.3 Å². The molecule has 344 valence electrons. The van der Waals surface area contributed by atoms with Crippen LogP contribution < -0.4 is 0 Å². The second-order valence-electron chi connectivity index (χ2n) is 13.1. The third-order valence-corrected chi connectivity index (χ3v) is 9.91. The van der Waals surface area contributed by atoms with Gasteiger partial charge in [0.1, 0.15) is 22.1 Å². The first-order valence-electron chi connectivity index (χ1n) is 18.6. The molecule has 0 bridgehead atoms. The minimum atomic E-state index is -6.09. The molecule has 8 heterocycles. The Hall–Kier alpha value is -7.45. The predicted octanol–water partition coefficient (Wildman–Crippen LogP) is 8.81. The van der Waals surface area contributed by atoms with E-state index >= 15 is 0 Å². The number of benzene rings is 2. The van der Waals surface area contributed by atoms with E-state index in [0.717, 1.165) is 88.5 Å². The van der Waals surface area contributed by atoms with Crippen LogP contribution in [0.25, 0.3) is 88.5 Å². The van der Waals surface area contributed by atoms with Gasteiger partial charge in [-0.3, -0.25) is 29.9 Å². The third-order valence-electron chi connectivity index (χ3n) is 8.77. The summed E-state index contributed by atoms with van der Waals surface area (Å²) in [6, 6.07) is 35.2. The molecule has 0 aliphatic heterocycles. The molecule has 0 fully saturated rings. The van der Waals surface area contributed by atoms with Crippen molar-refractivity contribution in [2.24, 2.45) is 0 Å². The van der Waals surface area contributed by atoms with Crippen LogP contribution in [0.3, 0.4) is 0 Å². The first-order chi connectivity index (χ1) is 31.7. The quantitative estimate of drug-likeness (QED) is 0.0515. The van der Waals surface area contributed by atoms with Gasteiger partial charge in [-0.1, -0.05) is 42.5 Å². The van der Waals surface area contributed by atoms with Gasteiger partial charge in [0.05, 0.1) is 50.9 Å². The molecule has 0 amide bonds. The number of hydrogen-bond donors (Lipinski definition) is 0. The molecule has 68 heavy (non-hydrogen) atoms. The average Bonchev–Trinajstić information content (AvgIpc) is 3.31. The van der Waals surface area contributed by atoms with E-state index in [1.807, 2.05) is 78.9 Å². The second-order valence-corrected chi connectivity index (χ2v) is 15.8. The van der Waals surface area contributed by atoms with Crippen molar-refractivity contribution in [3.8, 4) is 28.8 Å². The molecule has 2 aromatic carbocycles. The molecule has 10 rings (SSSR count). The topological polar surface area (TPSA) is 254 Å². The summed E-state index contributed by atoms with van der Waals surface area (Å²) in [5.41, 5.74) is -1.67. The summed E-state index contributed by atoms with van der Waals surface area (Å²) >= 11 is 0. The molecule has 0 N–H and O–H groups in total. The van der Waals surface area contributed by atoms with Crippen molar-refractivity contribution >= 4 is 85.9 Å². The zero-order valence-corrected chi connectivity index (χ0v) is 37.1. The van der Waals surface area contributed by atoms with Crippen molar-refractivity contribution in [1.29, 1.82) is 5.26 Å². The molecular formula is C43H26CrF6N10O6S2. The molecule has 0 saturated heterocycles. The van der Waals surface area contributed by atoms with E-state index in [0.29, 0.717) is 0 Å². The van der Waals surface area contributed by atoms with E-state index in [1.165, 1.54) is 6.92 Å². The van der Waals surface area contributed by atoms with E-state index < -0.39 is 31.3 Å². The minimum Gasteiger partial charge on any atom is -0.741 e. The van der Waals surface area contributed by atoms with Crippen molar-refractivity contribution in [3.63, 3.8) is 0 Å². The average molecular weight is 1010 g/mol. The van der Waals surface area contributed by atoms with Crippen LogP contribution in [0.15, 0.2) is 140 Å². The fourth-order valence-electron chi connectivity index (χ4n) is 6.09. The van der Waals surface area contributed by atoms with E-state index in [4.69, 9.17) is 41.2 Å². The summed E-state index contributed by atoms with van der Waals surface area (Å²) in [4.78, 5) is 41.9. The number of pyridine rings is 7. The summed E-state index contributed by atoms with van der Waals surface area (Å²) < 4.78 is 118. The molecule has 0 unspecified atom stereocenters. The SMILES string of the molecule is CC#N.O=S(=O)([O-])C(F)(F)F.O=S(=O)([O-])C(F)(F)F.[Cr+2].c1ccc(-c2cccc(-c3ccccn3)n2)nc1.c1cnc2c(c1)c1cccnc1c1nc3c4ncccc4c4cccnc4c3nc21. The van der Waals surface area contributed by atoms with Crippen molar-refractivity contribution in [3.05, 3.63) is 140 Å². The van der Waals surface area contributed by atoms with Gasteiger partial charge in [0.25, 0.3) is 0 Å². The summed E-state index contributed by atoms with van der Waals surface area (Å²) in [7, 11) is -12.2. The number of hydrogen-bond acceptors (Lipinski definition) is 16. The molecule has 0 aliphatic carbocycles. The van der Waals surface area contributed by atoms with Crippen molar-refractivity contribution in [1.82, 2.24) is 44.9 Å². The maximum Gasteiger partial charge on any atom is 2.00 e. The normalized spacial score (nSPS) is 11.4. The second kappa shape index (κ2) is 21.5. The van der Waals surface area contributed by atoms with Crippen LogP contribution in [0.1, 0.15) is 6.92 Å². The monoisotopic (exact) mass is 1010 g/mol. The van der Waals surface area contributed by atoms with Gasteiger partial charge in [0.2, 0.25) is 0 Å². The molecule has 10 aromatic rings. The summed E-state index contributed by atoms with van der Waals surface area (Å²) in [6.07, 6.45) is 10.7. The molecule has 0 atom stereocenters.